The normalized spacial score (nSPS) is 18.0. The molecule has 1 saturated carbocycles. The van der Waals surface area contributed by atoms with Crippen LogP contribution in [-0.4, -0.2) is 51.8 Å². The highest BCUT2D eigenvalue weighted by molar-refractivity contribution is 5.83. The predicted molar refractivity (Wildman–Crippen MR) is 61.6 cm³/mol. The monoisotopic (exact) mass is 242 g/mol. The molecule has 96 valence electrons. The fourth-order valence-electron chi connectivity index (χ4n) is 1.53. The van der Waals surface area contributed by atoms with E-state index in [1.807, 2.05) is 0 Å². The van der Waals surface area contributed by atoms with Crippen LogP contribution < -0.4 is 5.32 Å². The van der Waals surface area contributed by atoms with E-state index in [1.54, 1.807) is 6.08 Å². The molecule has 3 N–H and O–H groups in total. The molecular weight excluding hydrogens is 224 g/mol. The molecule has 2 atom stereocenters. The largest absolute Gasteiger partial charge is 0.480 e. The van der Waals surface area contributed by atoms with E-state index < -0.39 is 24.1 Å². The van der Waals surface area contributed by atoms with Crippen molar-refractivity contribution in [1.82, 2.24) is 10.2 Å². The summed E-state index contributed by atoms with van der Waals surface area (Å²) in [4.78, 5) is 24.2. The second-order valence-corrected chi connectivity index (χ2v) is 4.18. The zero-order valence-electron chi connectivity index (χ0n) is 9.80. The maximum absolute atomic E-state index is 11.8. The number of carbonyl (C=O) groups is 2. The predicted octanol–water partition coefficient (Wildman–Crippen LogP) is 0.180. The zero-order chi connectivity index (χ0) is 13.0. The number of nitrogens with one attached hydrogen (secondary N) is 1. The van der Waals surface area contributed by atoms with Crippen LogP contribution in [-0.2, 0) is 4.79 Å². The lowest BCUT2D eigenvalue weighted by molar-refractivity contribution is -0.141. The molecule has 0 spiro atoms. The lowest BCUT2D eigenvalue weighted by Gasteiger charge is -2.24. The van der Waals surface area contributed by atoms with E-state index in [0.29, 0.717) is 6.54 Å². The molecule has 0 aromatic rings. The molecule has 0 aliphatic heterocycles. The van der Waals surface area contributed by atoms with Crippen molar-refractivity contribution in [1.29, 1.82) is 0 Å². The Morgan fingerprint density at radius 3 is 2.53 bits per heavy atom. The van der Waals surface area contributed by atoms with Gasteiger partial charge < -0.3 is 20.4 Å². The van der Waals surface area contributed by atoms with Crippen molar-refractivity contribution in [2.24, 2.45) is 0 Å². The van der Waals surface area contributed by atoms with Gasteiger partial charge in [-0.15, -0.1) is 6.58 Å². The Labute approximate surface area is 99.9 Å². The molecule has 2 unspecified atom stereocenters. The number of hydrogen-bond donors (Lipinski definition) is 3. The SMILES string of the molecule is C=CCN(C(=O)NC(C(=O)O)C(C)O)C1CC1. The molecular formula is C11H18N2O4. The zero-order valence-corrected chi connectivity index (χ0v) is 9.80. The van der Waals surface area contributed by atoms with Crippen LogP contribution in [0.15, 0.2) is 12.7 Å². The van der Waals surface area contributed by atoms with E-state index in [4.69, 9.17) is 5.11 Å². The fourth-order valence-corrected chi connectivity index (χ4v) is 1.53. The molecule has 1 aliphatic carbocycles. The third-order valence-electron chi connectivity index (χ3n) is 2.60. The average Bonchev–Trinajstić information content (AvgIpc) is 3.04. The number of carbonyl (C=O) groups excluding carboxylic acids is 1. The molecule has 6 nitrogen and oxygen atoms in total. The first-order valence-electron chi connectivity index (χ1n) is 5.56. The van der Waals surface area contributed by atoms with Crippen LogP contribution in [0.1, 0.15) is 19.8 Å². The Kier molecular flexibility index (Phi) is 4.51. The van der Waals surface area contributed by atoms with E-state index in [0.717, 1.165) is 12.8 Å². The van der Waals surface area contributed by atoms with Gasteiger partial charge in [-0.05, 0) is 19.8 Å². The Morgan fingerprint density at radius 2 is 2.18 bits per heavy atom. The minimum atomic E-state index is -1.28. The van der Waals surface area contributed by atoms with Crippen LogP contribution in [0.25, 0.3) is 0 Å². The third kappa shape index (κ3) is 3.74. The molecule has 0 radical (unpaired) electrons. The molecule has 6 heteroatoms. The number of hydrogen-bond acceptors (Lipinski definition) is 3. The van der Waals surface area contributed by atoms with Crippen molar-refractivity contribution in [2.75, 3.05) is 6.54 Å². The number of aliphatic carboxylic acids is 1. The number of carboxylic acids is 1. The lowest BCUT2D eigenvalue weighted by atomic mass is 10.2. The van der Waals surface area contributed by atoms with E-state index >= 15 is 0 Å². The van der Waals surface area contributed by atoms with E-state index in [2.05, 4.69) is 11.9 Å². The quantitative estimate of drug-likeness (QED) is 0.580. The van der Waals surface area contributed by atoms with Gasteiger partial charge in [0.25, 0.3) is 0 Å². The number of rotatable bonds is 6. The highest BCUT2D eigenvalue weighted by atomic mass is 16.4. The van der Waals surface area contributed by atoms with Gasteiger partial charge in [0.1, 0.15) is 0 Å². The summed E-state index contributed by atoms with van der Waals surface area (Å²) in [6.45, 7) is 5.26. The fraction of sp³-hybridized carbons (Fsp3) is 0.636. The van der Waals surface area contributed by atoms with Gasteiger partial charge >= 0.3 is 12.0 Å². The molecule has 1 fully saturated rings. The first-order valence-corrected chi connectivity index (χ1v) is 5.56. The minimum Gasteiger partial charge on any atom is -0.480 e. The molecule has 1 rings (SSSR count). The molecule has 0 heterocycles. The molecule has 0 bridgehead atoms. The molecule has 1 aliphatic rings. The number of aliphatic hydroxyl groups excluding tert-OH is 1. The van der Waals surface area contributed by atoms with E-state index in [-0.39, 0.29) is 6.04 Å². The van der Waals surface area contributed by atoms with Gasteiger partial charge in [-0.25, -0.2) is 9.59 Å². The summed E-state index contributed by atoms with van der Waals surface area (Å²) in [5, 5.41) is 20.4. The third-order valence-corrected chi connectivity index (χ3v) is 2.60. The summed E-state index contributed by atoms with van der Waals surface area (Å²) in [6.07, 6.45) is 2.30. The Balaban J connectivity index is 2.60. The number of nitrogens with zero attached hydrogens (tertiary/aromatic N) is 1. The second-order valence-electron chi connectivity index (χ2n) is 4.18. The lowest BCUT2D eigenvalue weighted by Crippen LogP contribution is -2.52. The molecule has 17 heavy (non-hydrogen) atoms. The van der Waals surface area contributed by atoms with Crippen molar-refractivity contribution < 1.29 is 19.8 Å². The Morgan fingerprint density at radius 1 is 1.59 bits per heavy atom. The van der Waals surface area contributed by atoms with Crippen molar-refractivity contribution in [3.63, 3.8) is 0 Å². The Bertz CT molecular complexity index is 313. The maximum Gasteiger partial charge on any atom is 0.328 e. The first kappa shape index (κ1) is 13.5. The van der Waals surface area contributed by atoms with E-state index in [9.17, 15) is 14.7 Å². The summed E-state index contributed by atoms with van der Waals surface area (Å²) < 4.78 is 0. The molecule has 0 saturated heterocycles. The van der Waals surface area contributed by atoms with Gasteiger partial charge in [0.15, 0.2) is 6.04 Å². The molecule has 2 amide bonds. The summed E-state index contributed by atoms with van der Waals surface area (Å²) in [5.74, 6) is -1.25. The van der Waals surface area contributed by atoms with Gasteiger partial charge in [0.05, 0.1) is 6.10 Å². The molecule has 0 aromatic carbocycles. The standard InChI is InChI=1S/C11H18N2O4/c1-3-6-13(8-4-5-8)11(17)12-9(7(2)14)10(15)16/h3,7-9,14H,1,4-6H2,2H3,(H,12,17)(H,15,16). The number of aliphatic hydroxyl groups is 1. The topological polar surface area (TPSA) is 89.9 Å². The van der Waals surface area contributed by atoms with Crippen LogP contribution in [0.2, 0.25) is 0 Å². The molecule has 0 aromatic heterocycles. The van der Waals surface area contributed by atoms with Gasteiger partial charge in [-0.1, -0.05) is 6.08 Å². The van der Waals surface area contributed by atoms with Crippen LogP contribution in [0.4, 0.5) is 4.79 Å². The first-order chi connectivity index (χ1) is 7.97. The summed E-state index contributed by atoms with van der Waals surface area (Å²) in [6, 6.07) is -1.59. The maximum atomic E-state index is 11.8. The van der Waals surface area contributed by atoms with Crippen LogP contribution in [0, 0.1) is 0 Å². The number of urea groups is 1. The highest BCUT2D eigenvalue weighted by Gasteiger charge is 2.34. The van der Waals surface area contributed by atoms with Crippen LogP contribution in [0.3, 0.4) is 0 Å². The highest BCUT2D eigenvalue weighted by Crippen LogP contribution is 2.26. The van der Waals surface area contributed by atoms with Crippen LogP contribution in [0.5, 0.6) is 0 Å². The summed E-state index contributed by atoms with van der Waals surface area (Å²) in [5.41, 5.74) is 0. The summed E-state index contributed by atoms with van der Waals surface area (Å²) >= 11 is 0. The van der Waals surface area contributed by atoms with Gasteiger partial charge in [0.2, 0.25) is 0 Å². The van der Waals surface area contributed by atoms with Gasteiger partial charge in [0, 0.05) is 12.6 Å². The van der Waals surface area contributed by atoms with E-state index in [1.165, 1.54) is 11.8 Å². The second kappa shape index (κ2) is 5.67. The van der Waals surface area contributed by atoms with Gasteiger partial charge in [-0.2, -0.15) is 0 Å². The van der Waals surface area contributed by atoms with Gasteiger partial charge in [-0.3, -0.25) is 0 Å². The Hall–Kier alpha value is -1.56. The van der Waals surface area contributed by atoms with Crippen molar-refractivity contribution in [3.05, 3.63) is 12.7 Å². The summed E-state index contributed by atoms with van der Waals surface area (Å²) in [7, 11) is 0. The van der Waals surface area contributed by atoms with Crippen molar-refractivity contribution in [3.8, 4) is 0 Å². The number of amides is 2. The average molecular weight is 242 g/mol. The minimum absolute atomic E-state index is 0.163. The smallest absolute Gasteiger partial charge is 0.328 e. The van der Waals surface area contributed by atoms with Crippen molar-refractivity contribution in [2.45, 2.75) is 38.0 Å². The van der Waals surface area contributed by atoms with Crippen LogP contribution >= 0.6 is 0 Å². The number of carboxylic acid groups (broad SMARTS) is 1. The van der Waals surface area contributed by atoms with Crippen molar-refractivity contribution >= 4 is 12.0 Å².